The third-order valence-corrected chi connectivity index (χ3v) is 3.82. The number of hydrogen-bond donors (Lipinski definition) is 2. The molecule has 0 aromatic heterocycles. The van der Waals surface area contributed by atoms with Crippen LogP contribution in [0.15, 0.2) is 54.6 Å². The van der Waals surface area contributed by atoms with Gasteiger partial charge in [0.05, 0.1) is 19.8 Å². The molecule has 5 heteroatoms. The molecule has 1 atom stereocenters. The Hall–Kier alpha value is -2.21. The average Bonchev–Trinajstić information content (AvgIpc) is 2.65. The van der Waals surface area contributed by atoms with Crippen LogP contribution in [-0.2, 0) is 27.5 Å². The molecule has 126 valence electrons. The third-order valence-electron chi connectivity index (χ3n) is 3.82. The second-order valence-electron chi connectivity index (χ2n) is 5.73. The lowest BCUT2D eigenvalue weighted by molar-refractivity contribution is -0.128. The molecule has 5 nitrogen and oxygen atoms in total. The van der Waals surface area contributed by atoms with E-state index in [1.807, 2.05) is 54.6 Å². The Morgan fingerprint density at radius 3 is 2.46 bits per heavy atom. The van der Waals surface area contributed by atoms with E-state index in [0.717, 1.165) is 23.4 Å². The molecule has 1 amide bonds. The fourth-order valence-electron chi connectivity index (χ4n) is 2.50. The van der Waals surface area contributed by atoms with E-state index in [0.29, 0.717) is 26.4 Å². The summed E-state index contributed by atoms with van der Waals surface area (Å²) in [4.78, 5) is 12.1. The summed E-state index contributed by atoms with van der Waals surface area (Å²) in [5, 5.41) is 6.02. The monoisotopic (exact) mass is 326 g/mol. The van der Waals surface area contributed by atoms with Crippen molar-refractivity contribution in [1.82, 2.24) is 5.32 Å². The Morgan fingerprint density at radius 2 is 1.79 bits per heavy atom. The number of carbonyl (C=O) groups excluding carboxylic acids is 1. The summed E-state index contributed by atoms with van der Waals surface area (Å²) in [5.74, 6) is -0.115. The number of anilines is 1. The van der Waals surface area contributed by atoms with E-state index in [9.17, 15) is 4.79 Å². The first-order valence-electron chi connectivity index (χ1n) is 8.15. The molecule has 1 aliphatic rings. The zero-order valence-corrected chi connectivity index (χ0v) is 13.5. The molecule has 1 unspecified atom stereocenters. The molecule has 0 saturated carbocycles. The lowest BCUT2D eigenvalue weighted by Crippen LogP contribution is -2.45. The van der Waals surface area contributed by atoms with Crippen molar-refractivity contribution in [2.75, 3.05) is 25.0 Å². The van der Waals surface area contributed by atoms with Gasteiger partial charge in [-0.3, -0.25) is 4.79 Å². The molecule has 0 radical (unpaired) electrons. The molecule has 2 aromatic carbocycles. The van der Waals surface area contributed by atoms with Gasteiger partial charge in [-0.25, -0.2) is 0 Å². The molecule has 1 aliphatic heterocycles. The van der Waals surface area contributed by atoms with Crippen molar-refractivity contribution < 1.29 is 14.3 Å². The molecule has 24 heavy (non-hydrogen) atoms. The molecule has 0 spiro atoms. The van der Waals surface area contributed by atoms with Gasteiger partial charge in [0.1, 0.15) is 6.10 Å². The topological polar surface area (TPSA) is 59.6 Å². The molecule has 3 rings (SSSR count). The Bertz CT molecular complexity index is 637. The minimum Gasteiger partial charge on any atom is -0.372 e. The normalized spacial score (nSPS) is 17.4. The van der Waals surface area contributed by atoms with E-state index >= 15 is 0 Å². The maximum absolute atomic E-state index is 12.1. The van der Waals surface area contributed by atoms with Gasteiger partial charge in [0.2, 0.25) is 0 Å². The maximum atomic E-state index is 12.1. The van der Waals surface area contributed by atoms with Crippen LogP contribution in [-0.4, -0.2) is 31.7 Å². The van der Waals surface area contributed by atoms with Crippen LogP contribution < -0.4 is 10.6 Å². The van der Waals surface area contributed by atoms with Crippen LogP contribution in [0.1, 0.15) is 11.1 Å². The number of hydrogen-bond acceptors (Lipinski definition) is 4. The van der Waals surface area contributed by atoms with Crippen LogP contribution in [0, 0.1) is 0 Å². The Kier molecular flexibility index (Phi) is 5.96. The highest BCUT2D eigenvalue weighted by molar-refractivity contribution is 5.94. The number of amides is 1. The zero-order chi connectivity index (χ0) is 16.6. The minimum absolute atomic E-state index is 0.115. The van der Waals surface area contributed by atoms with Gasteiger partial charge in [0.25, 0.3) is 5.91 Å². The van der Waals surface area contributed by atoms with Crippen molar-refractivity contribution in [3.8, 4) is 0 Å². The third kappa shape index (κ3) is 4.89. The molecular weight excluding hydrogens is 304 g/mol. The quantitative estimate of drug-likeness (QED) is 0.855. The average molecular weight is 326 g/mol. The number of nitrogens with one attached hydrogen (secondary N) is 2. The first kappa shape index (κ1) is 16.6. The van der Waals surface area contributed by atoms with Gasteiger partial charge in [0.15, 0.2) is 0 Å². The molecule has 1 fully saturated rings. The first-order valence-corrected chi connectivity index (χ1v) is 8.15. The predicted octanol–water partition coefficient (Wildman–Crippen LogP) is 2.33. The summed E-state index contributed by atoms with van der Waals surface area (Å²) in [7, 11) is 0. The van der Waals surface area contributed by atoms with E-state index in [2.05, 4.69) is 10.6 Å². The van der Waals surface area contributed by atoms with Gasteiger partial charge in [0, 0.05) is 18.8 Å². The van der Waals surface area contributed by atoms with Crippen molar-refractivity contribution in [3.05, 3.63) is 65.7 Å². The largest absolute Gasteiger partial charge is 0.372 e. The molecule has 0 bridgehead atoms. The van der Waals surface area contributed by atoms with Gasteiger partial charge in [-0.05, 0) is 23.3 Å². The highest BCUT2D eigenvalue weighted by Gasteiger charge is 2.21. The zero-order valence-electron chi connectivity index (χ0n) is 13.5. The molecule has 2 aromatic rings. The van der Waals surface area contributed by atoms with Gasteiger partial charge < -0.3 is 20.1 Å². The van der Waals surface area contributed by atoms with Crippen LogP contribution in [0.2, 0.25) is 0 Å². The van der Waals surface area contributed by atoms with E-state index in [4.69, 9.17) is 9.47 Å². The smallest absolute Gasteiger partial charge is 0.254 e. The number of rotatable bonds is 6. The second-order valence-corrected chi connectivity index (χ2v) is 5.73. The summed E-state index contributed by atoms with van der Waals surface area (Å²) in [5.41, 5.74) is 2.99. The molecule has 2 N–H and O–H groups in total. The standard InChI is InChI=1S/C19H22N2O3/c22-19(18-12-20-10-11-24-18)21-17-8-6-16(7-9-17)14-23-13-15-4-2-1-3-5-15/h1-9,18,20H,10-14H2,(H,21,22). The summed E-state index contributed by atoms with van der Waals surface area (Å²) < 4.78 is 11.1. The fourth-order valence-corrected chi connectivity index (χ4v) is 2.50. The first-order chi connectivity index (χ1) is 11.8. The molecular formula is C19H22N2O3. The predicted molar refractivity (Wildman–Crippen MR) is 92.6 cm³/mol. The van der Waals surface area contributed by atoms with Gasteiger partial charge in [-0.1, -0.05) is 42.5 Å². The Morgan fingerprint density at radius 1 is 1.08 bits per heavy atom. The maximum Gasteiger partial charge on any atom is 0.254 e. The van der Waals surface area contributed by atoms with E-state index in [-0.39, 0.29) is 5.91 Å². The van der Waals surface area contributed by atoms with Crippen LogP contribution in [0.3, 0.4) is 0 Å². The van der Waals surface area contributed by atoms with Gasteiger partial charge >= 0.3 is 0 Å². The lowest BCUT2D eigenvalue weighted by Gasteiger charge is -2.22. The molecule has 1 saturated heterocycles. The second kappa shape index (κ2) is 8.59. The summed E-state index contributed by atoms with van der Waals surface area (Å²) in [6.45, 7) is 3.04. The van der Waals surface area contributed by atoms with Crippen molar-refractivity contribution in [2.45, 2.75) is 19.3 Å². The van der Waals surface area contributed by atoms with Gasteiger partial charge in [-0.15, -0.1) is 0 Å². The van der Waals surface area contributed by atoms with E-state index < -0.39 is 6.10 Å². The number of carbonyl (C=O) groups is 1. The van der Waals surface area contributed by atoms with E-state index in [1.165, 1.54) is 0 Å². The van der Waals surface area contributed by atoms with Crippen LogP contribution in [0.5, 0.6) is 0 Å². The van der Waals surface area contributed by atoms with Crippen molar-refractivity contribution in [3.63, 3.8) is 0 Å². The van der Waals surface area contributed by atoms with E-state index in [1.54, 1.807) is 0 Å². The number of morpholine rings is 1. The summed E-state index contributed by atoms with van der Waals surface area (Å²) in [6, 6.07) is 17.8. The Labute approximate surface area is 142 Å². The SMILES string of the molecule is O=C(Nc1ccc(COCc2ccccc2)cc1)C1CNCCO1. The minimum atomic E-state index is -0.423. The van der Waals surface area contributed by atoms with Crippen molar-refractivity contribution >= 4 is 11.6 Å². The number of benzene rings is 2. The summed E-state index contributed by atoms with van der Waals surface area (Å²) >= 11 is 0. The molecule has 1 heterocycles. The fraction of sp³-hybridized carbons (Fsp3) is 0.316. The van der Waals surface area contributed by atoms with Gasteiger partial charge in [-0.2, -0.15) is 0 Å². The highest BCUT2D eigenvalue weighted by atomic mass is 16.5. The lowest BCUT2D eigenvalue weighted by atomic mass is 10.2. The summed E-state index contributed by atoms with van der Waals surface area (Å²) in [6.07, 6.45) is -0.423. The van der Waals surface area contributed by atoms with Crippen molar-refractivity contribution in [1.29, 1.82) is 0 Å². The Balaban J connectivity index is 1.45. The van der Waals surface area contributed by atoms with Crippen molar-refractivity contribution in [2.24, 2.45) is 0 Å². The van der Waals surface area contributed by atoms with Crippen LogP contribution in [0.4, 0.5) is 5.69 Å². The number of ether oxygens (including phenoxy) is 2. The van der Waals surface area contributed by atoms with Crippen LogP contribution >= 0.6 is 0 Å². The van der Waals surface area contributed by atoms with Crippen LogP contribution in [0.25, 0.3) is 0 Å². The molecule has 0 aliphatic carbocycles. The highest BCUT2D eigenvalue weighted by Crippen LogP contribution is 2.12.